The van der Waals surface area contributed by atoms with Gasteiger partial charge in [0.2, 0.25) is 10.0 Å². The van der Waals surface area contributed by atoms with E-state index < -0.39 is 10.0 Å². The maximum Gasteiger partial charge on any atom is 0.254 e. The molecule has 1 N–H and O–H groups in total. The van der Waals surface area contributed by atoms with Gasteiger partial charge in [0.15, 0.2) is 0 Å². The van der Waals surface area contributed by atoms with Crippen molar-refractivity contribution in [2.75, 3.05) is 37.8 Å². The lowest BCUT2D eigenvalue weighted by Gasteiger charge is -2.37. The molecule has 0 unspecified atom stereocenters. The molecule has 1 aromatic rings. The van der Waals surface area contributed by atoms with Crippen LogP contribution in [0.4, 0.5) is 5.82 Å². The van der Waals surface area contributed by atoms with Crippen LogP contribution in [-0.4, -0.2) is 62.6 Å². The Morgan fingerprint density at radius 2 is 2.09 bits per heavy atom. The number of amides is 1. The molecule has 1 aliphatic heterocycles. The molecule has 1 saturated heterocycles. The monoisotopic (exact) mass is 340 g/mol. The molecule has 0 atom stereocenters. The second kappa shape index (κ2) is 7.27. The van der Waals surface area contributed by atoms with E-state index in [9.17, 15) is 13.2 Å². The number of piperidine rings is 1. The first-order valence-corrected chi connectivity index (χ1v) is 9.62. The van der Waals surface area contributed by atoms with Gasteiger partial charge in [-0.3, -0.25) is 4.79 Å². The number of hydrogen-bond donors (Lipinski definition) is 1. The molecular weight excluding hydrogens is 316 g/mol. The summed E-state index contributed by atoms with van der Waals surface area (Å²) in [5.41, 5.74) is 0.545. The lowest BCUT2D eigenvalue weighted by atomic mass is 10.0. The number of sulfonamides is 1. The van der Waals surface area contributed by atoms with Crippen LogP contribution in [0, 0.1) is 0 Å². The average molecular weight is 340 g/mol. The van der Waals surface area contributed by atoms with Crippen molar-refractivity contribution < 1.29 is 13.2 Å². The normalized spacial score (nSPS) is 16.6. The van der Waals surface area contributed by atoms with E-state index in [1.54, 1.807) is 29.7 Å². The topological polar surface area (TPSA) is 82.6 Å². The van der Waals surface area contributed by atoms with Crippen LogP contribution >= 0.6 is 0 Å². The highest BCUT2D eigenvalue weighted by atomic mass is 32.2. The van der Waals surface area contributed by atoms with E-state index in [1.165, 1.54) is 6.26 Å². The van der Waals surface area contributed by atoms with Gasteiger partial charge < -0.3 is 10.2 Å². The summed E-state index contributed by atoms with van der Waals surface area (Å²) < 4.78 is 25.2. The maximum atomic E-state index is 12.0. The molecule has 7 nitrogen and oxygen atoms in total. The SMILES string of the molecule is CCN(C1CCN(c2ncccc2C(=O)NC)CC1)S(C)(=O)=O. The van der Waals surface area contributed by atoms with Crippen LogP contribution in [0.2, 0.25) is 0 Å². The van der Waals surface area contributed by atoms with Gasteiger partial charge in [-0.05, 0) is 25.0 Å². The number of aromatic nitrogens is 1. The quantitative estimate of drug-likeness (QED) is 0.853. The molecule has 1 fully saturated rings. The second-order valence-electron chi connectivity index (χ2n) is 5.64. The van der Waals surface area contributed by atoms with Crippen LogP contribution in [0.1, 0.15) is 30.1 Å². The van der Waals surface area contributed by atoms with E-state index in [-0.39, 0.29) is 11.9 Å². The van der Waals surface area contributed by atoms with E-state index in [0.29, 0.717) is 31.0 Å². The summed E-state index contributed by atoms with van der Waals surface area (Å²) in [5, 5.41) is 2.62. The largest absolute Gasteiger partial charge is 0.356 e. The molecule has 0 saturated carbocycles. The van der Waals surface area contributed by atoms with Crippen molar-refractivity contribution in [3.63, 3.8) is 0 Å². The van der Waals surface area contributed by atoms with Crippen molar-refractivity contribution in [1.82, 2.24) is 14.6 Å². The molecule has 2 rings (SSSR count). The van der Waals surface area contributed by atoms with Gasteiger partial charge in [0, 0.05) is 38.9 Å². The average Bonchev–Trinajstić information content (AvgIpc) is 2.54. The summed E-state index contributed by atoms with van der Waals surface area (Å²) in [6.45, 7) is 3.70. The molecule has 0 spiro atoms. The molecular formula is C15H24N4O3S. The van der Waals surface area contributed by atoms with Crippen LogP contribution in [-0.2, 0) is 10.0 Å². The number of pyridine rings is 1. The summed E-state index contributed by atoms with van der Waals surface area (Å²) in [7, 11) is -1.59. The molecule has 128 valence electrons. The van der Waals surface area contributed by atoms with Gasteiger partial charge in [0.25, 0.3) is 5.91 Å². The molecule has 0 aromatic carbocycles. The highest BCUT2D eigenvalue weighted by Crippen LogP contribution is 2.24. The summed E-state index contributed by atoms with van der Waals surface area (Å²) >= 11 is 0. The van der Waals surface area contributed by atoms with E-state index in [4.69, 9.17) is 0 Å². The molecule has 1 aromatic heterocycles. The molecule has 0 aliphatic carbocycles. The lowest BCUT2D eigenvalue weighted by Crippen LogP contribution is -2.47. The number of nitrogens with one attached hydrogen (secondary N) is 1. The van der Waals surface area contributed by atoms with Crippen molar-refractivity contribution in [3.8, 4) is 0 Å². The Bertz CT molecular complexity index is 654. The fourth-order valence-electron chi connectivity index (χ4n) is 3.09. The summed E-state index contributed by atoms with van der Waals surface area (Å²) in [5.74, 6) is 0.495. The summed E-state index contributed by atoms with van der Waals surface area (Å²) in [6, 6.07) is 3.50. The Kier molecular flexibility index (Phi) is 5.59. The Balaban J connectivity index is 2.12. The molecule has 1 aliphatic rings. The number of carbonyl (C=O) groups excluding carboxylic acids is 1. The van der Waals surface area contributed by atoms with Gasteiger partial charge >= 0.3 is 0 Å². The second-order valence-corrected chi connectivity index (χ2v) is 7.57. The van der Waals surface area contributed by atoms with E-state index in [1.807, 2.05) is 6.92 Å². The molecule has 23 heavy (non-hydrogen) atoms. The fourth-order valence-corrected chi connectivity index (χ4v) is 4.31. The van der Waals surface area contributed by atoms with Gasteiger partial charge in [-0.25, -0.2) is 13.4 Å². The van der Waals surface area contributed by atoms with E-state index in [2.05, 4.69) is 15.2 Å². The van der Waals surface area contributed by atoms with Gasteiger partial charge in [-0.2, -0.15) is 4.31 Å². The minimum atomic E-state index is -3.19. The van der Waals surface area contributed by atoms with Gasteiger partial charge in [-0.15, -0.1) is 0 Å². The van der Waals surface area contributed by atoms with Crippen LogP contribution < -0.4 is 10.2 Å². The predicted octanol–water partition coefficient (Wildman–Crippen LogP) is 0.692. The van der Waals surface area contributed by atoms with Crippen LogP contribution in [0.5, 0.6) is 0 Å². The van der Waals surface area contributed by atoms with Crippen molar-refractivity contribution in [2.24, 2.45) is 0 Å². The first kappa shape index (κ1) is 17.7. The minimum absolute atomic E-state index is 0.0124. The third-order valence-corrected chi connectivity index (χ3v) is 5.58. The van der Waals surface area contributed by atoms with Crippen molar-refractivity contribution in [2.45, 2.75) is 25.8 Å². The number of hydrogen-bond acceptors (Lipinski definition) is 5. The van der Waals surface area contributed by atoms with E-state index in [0.717, 1.165) is 12.8 Å². The smallest absolute Gasteiger partial charge is 0.254 e. The zero-order valence-electron chi connectivity index (χ0n) is 13.8. The number of nitrogens with zero attached hydrogens (tertiary/aromatic N) is 3. The van der Waals surface area contributed by atoms with Crippen molar-refractivity contribution in [1.29, 1.82) is 0 Å². The molecule has 1 amide bonds. The van der Waals surface area contributed by atoms with Gasteiger partial charge in [-0.1, -0.05) is 6.92 Å². The van der Waals surface area contributed by atoms with Crippen LogP contribution in [0.15, 0.2) is 18.3 Å². The first-order chi connectivity index (χ1) is 10.9. The van der Waals surface area contributed by atoms with Gasteiger partial charge in [0.05, 0.1) is 11.8 Å². The van der Waals surface area contributed by atoms with Crippen molar-refractivity contribution >= 4 is 21.7 Å². The highest BCUT2D eigenvalue weighted by molar-refractivity contribution is 7.88. The van der Waals surface area contributed by atoms with Crippen LogP contribution in [0.3, 0.4) is 0 Å². The lowest BCUT2D eigenvalue weighted by molar-refractivity contribution is 0.0963. The van der Waals surface area contributed by atoms with E-state index >= 15 is 0 Å². The van der Waals surface area contributed by atoms with Crippen LogP contribution in [0.25, 0.3) is 0 Å². The third-order valence-electron chi connectivity index (χ3n) is 4.17. The molecule has 0 radical (unpaired) electrons. The Labute approximate surface area is 137 Å². The fraction of sp³-hybridized carbons (Fsp3) is 0.600. The number of rotatable bonds is 5. The molecule has 8 heteroatoms. The Morgan fingerprint density at radius 3 is 2.61 bits per heavy atom. The molecule has 2 heterocycles. The predicted molar refractivity (Wildman–Crippen MR) is 90.1 cm³/mol. The Hall–Kier alpha value is -1.67. The summed E-state index contributed by atoms with van der Waals surface area (Å²) in [6.07, 6.45) is 4.38. The first-order valence-electron chi connectivity index (χ1n) is 7.77. The molecule has 0 bridgehead atoms. The number of carbonyl (C=O) groups is 1. The van der Waals surface area contributed by atoms with Crippen molar-refractivity contribution in [3.05, 3.63) is 23.9 Å². The minimum Gasteiger partial charge on any atom is -0.356 e. The maximum absolute atomic E-state index is 12.0. The standard InChI is InChI=1S/C15H24N4O3S/c1-4-19(23(3,21)22)12-7-10-18(11-8-12)14-13(15(20)16-2)6-5-9-17-14/h5-6,9,12H,4,7-8,10-11H2,1-3H3,(H,16,20). The summed E-state index contributed by atoms with van der Waals surface area (Å²) in [4.78, 5) is 18.4. The highest BCUT2D eigenvalue weighted by Gasteiger charge is 2.30. The number of anilines is 1. The third kappa shape index (κ3) is 4.00. The zero-order chi connectivity index (χ0) is 17.0. The van der Waals surface area contributed by atoms with Gasteiger partial charge in [0.1, 0.15) is 5.82 Å². The zero-order valence-corrected chi connectivity index (χ0v) is 14.6. The Morgan fingerprint density at radius 1 is 1.43 bits per heavy atom.